The molecule has 1 aliphatic heterocycles. The van der Waals surface area contributed by atoms with Crippen LogP contribution in [0.3, 0.4) is 0 Å². The first-order chi connectivity index (χ1) is 10.1. The lowest BCUT2D eigenvalue weighted by atomic mass is 10.00. The van der Waals surface area contributed by atoms with Crippen LogP contribution < -0.4 is 5.73 Å². The van der Waals surface area contributed by atoms with Crippen molar-refractivity contribution in [2.24, 2.45) is 5.73 Å². The fourth-order valence-electron chi connectivity index (χ4n) is 2.58. The maximum atomic E-state index is 12.7. The predicted molar refractivity (Wildman–Crippen MR) is 83.0 cm³/mol. The molecule has 4 nitrogen and oxygen atoms in total. The number of nitrogens with two attached hydrogens (primary N) is 1. The molecule has 2 N–H and O–H groups in total. The van der Waals surface area contributed by atoms with Crippen molar-refractivity contribution in [1.82, 2.24) is 4.90 Å². The molecule has 0 bridgehead atoms. The number of amides is 1. The molecular formula is C17H22N2O2. The standard InChI is InChI=1S/C17H22N2O2/c1-13-14(6-4-10-18)5-3-7-16(13)17(20)19(2)15-8-11-21-12-9-15/h3,5,7,15H,8-12,18H2,1-2H3. The summed E-state index contributed by atoms with van der Waals surface area (Å²) < 4.78 is 5.35. The van der Waals surface area contributed by atoms with Gasteiger partial charge in [0.15, 0.2) is 0 Å². The van der Waals surface area contributed by atoms with Gasteiger partial charge in [0.05, 0.1) is 6.54 Å². The first kappa shape index (κ1) is 15.6. The van der Waals surface area contributed by atoms with E-state index in [1.54, 1.807) is 0 Å². The monoisotopic (exact) mass is 286 g/mol. The normalized spacial score (nSPS) is 15.2. The average Bonchev–Trinajstić information content (AvgIpc) is 2.53. The molecule has 0 aliphatic carbocycles. The summed E-state index contributed by atoms with van der Waals surface area (Å²) in [7, 11) is 1.87. The molecule has 0 saturated carbocycles. The summed E-state index contributed by atoms with van der Waals surface area (Å²) in [6, 6.07) is 5.91. The number of hydrogen-bond donors (Lipinski definition) is 1. The Labute approximate surface area is 126 Å². The highest BCUT2D eigenvalue weighted by Crippen LogP contribution is 2.19. The van der Waals surface area contributed by atoms with Gasteiger partial charge >= 0.3 is 0 Å². The Morgan fingerprint density at radius 2 is 2.14 bits per heavy atom. The third kappa shape index (κ3) is 3.63. The van der Waals surface area contributed by atoms with Crippen LogP contribution in [0, 0.1) is 18.8 Å². The van der Waals surface area contributed by atoms with Crippen LogP contribution in [0.25, 0.3) is 0 Å². The van der Waals surface area contributed by atoms with Gasteiger partial charge in [-0.05, 0) is 37.5 Å². The predicted octanol–water partition coefficient (Wildman–Crippen LogP) is 1.56. The van der Waals surface area contributed by atoms with E-state index < -0.39 is 0 Å². The zero-order valence-electron chi connectivity index (χ0n) is 12.7. The van der Waals surface area contributed by atoms with E-state index >= 15 is 0 Å². The highest BCUT2D eigenvalue weighted by atomic mass is 16.5. The molecule has 0 unspecified atom stereocenters. The topological polar surface area (TPSA) is 55.6 Å². The third-order valence-corrected chi connectivity index (χ3v) is 3.95. The van der Waals surface area contributed by atoms with Gasteiger partial charge in [-0.2, -0.15) is 0 Å². The van der Waals surface area contributed by atoms with Gasteiger partial charge in [-0.15, -0.1) is 0 Å². The molecule has 1 saturated heterocycles. The quantitative estimate of drug-likeness (QED) is 0.839. The number of hydrogen-bond acceptors (Lipinski definition) is 3. The van der Waals surface area contributed by atoms with E-state index in [0.717, 1.165) is 37.2 Å². The highest BCUT2D eigenvalue weighted by molar-refractivity contribution is 5.96. The summed E-state index contributed by atoms with van der Waals surface area (Å²) in [5.41, 5.74) is 7.91. The van der Waals surface area contributed by atoms with Gasteiger partial charge < -0.3 is 15.4 Å². The summed E-state index contributed by atoms with van der Waals surface area (Å²) in [6.07, 6.45) is 1.79. The molecule has 112 valence electrons. The van der Waals surface area contributed by atoms with Crippen molar-refractivity contribution in [1.29, 1.82) is 0 Å². The number of nitrogens with zero attached hydrogens (tertiary/aromatic N) is 1. The van der Waals surface area contributed by atoms with Crippen LogP contribution in [-0.2, 0) is 4.74 Å². The van der Waals surface area contributed by atoms with Crippen molar-refractivity contribution in [3.05, 3.63) is 34.9 Å². The van der Waals surface area contributed by atoms with Crippen LogP contribution in [0.5, 0.6) is 0 Å². The van der Waals surface area contributed by atoms with Crippen molar-refractivity contribution in [2.45, 2.75) is 25.8 Å². The Hall–Kier alpha value is -1.83. The molecule has 1 heterocycles. The zero-order chi connectivity index (χ0) is 15.2. The third-order valence-electron chi connectivity index (χ3n) is 3.95. The van der Waals surface area contributed by atoms with Crippen LogP contribution in [0.1, 0.15) is 34.3 Å². The number of carbonyl (C=O) groups excluding carboxylic acids is 1. The summed E-state index contributed by atoms with van der Waals surface area (Å²) in [5.74, 6) is 5.91. The molecule has 0 atom stereocenters. The minimum absolute atomic E-state index is 0.0517. The number of rotatable bonds is 2. The highest BCUT2D eigenvalue weighted by Gasteiger charge is 2.24. The molecule has 0 radical (unpaired) electrons. The van der Waals surface area contributed by atoms with Crippen molar-refractivity contribution >= 4 is 5.91 Å². The van der Waals surface area contributed by atoms with Crippen molar-refractivity contribution in [2.75, 3.05) is 26.8 Å². The van der Waals surface area contributed by atoms with Crippen molar-refractivity contribution in [3.63, 3.8) is 0 Å². The summed E-state index contributed by atoms with van der Waals surface area (Å²) in [6.45, 7) is 3.71. The summed E-state index contributed by atoms with van der Waals surface area (Å²) in [4.78, 5) is 14.5. The molecule has 4 heteroatoms. The van der Waals surface area contributed by atoms with Crippen LogP contribution in [0.2, 0.25) is 0 Å². The number of ether oxygens (including phenoxy) is 1. The van der Waals surface area contributed by atoms with E-state index in [1.807, 2.05) is 37.1 Å². The maximum Gasteiger partial charge on any atom is 0.254 e. The minimum atomic E-state index is 0.0517. The molecule has 1 aliphatic rings. The Morgan fingerprint density at radius 1 is 1.43 bits per heavy atom. The van der Waals surface area contributed by atoms with Crippen molar-refractivity contribution in [3.8, 4) is 11.8 Å². The van der Waals surface area contributed by atoms with Crippen LogP contribution in [0.4, 0.5) is 0 Å². The van der Waals surface area contributed by atoms with E-state index in [1.165, 1.54) is 0 Å². The fourth-order valence-corrected chi connectivity index (χ4v) is 2.58. The van der Waals surface area contributed by atoms with E-state index in [9.17, 15) is 4.79 Å². The smallest absolute Gasteiger partial charge is 0.254 e. The van der Waals surface area contributed by atoms with E-state index in [4.69, 9.17) is 10.5 Å². The van der Waals surface area contributed by atoms with Gasteiger partial charge in [-0.25, -0.2) is 0 Å². The van der Waals surface area contributed by atoms with E-state index in [2.05, 4.69) is 11.8 Å². The van der Waals surface area contributed by atoms with Crippen LogP contribution in [-0.4, -0.2) is 43.7 Å². The molecule has 1 aromatic carbocycles. The molecule has 1 fully saturated rings. The molecule has 21 heavy (non-hydrogen) atoms. The first-order valence-electron chi connectivity index (χ1n) is 7.28. The lowest BCUT2D eigenvalue weighted by Crippen LogP contribution is -2.40. The Bertz CT molecular complexity index is 566. The minimum Gasteiger partial charge on any atom is -0.381 e. The Kier molecular flexibility index (Phi) is 5.38. The number of benzene rings is 1. The SMILES string of the molecule is Cc1c(C#CCN)cccc1C(=O)N(C)C1CCOCC1. The Balaban J connectivity index is 2.22. The largest absolute Gasteiger partial charge is 0.381 e. The first-order valence-corrected chi connectivity index (χ1v) is 7.28. The molecular weight excluding hydrogens is 264 g/mol. The lowest BCUT2D eigenvalue weighted by Gasteiger charge is -2.31. The average molecular weight is 286 g/mol. The summed E-state index contributed by atoms with van der Waals surface area (Å²) >= 11 is 0. The zero-order valence-corrected chi connectivity index (χ0v) is 12.7. The molecule has 0 aromatic heterocycles. The van der Waals surface area contributed by atoms with Gasteiger partial charge in [0.25, 0.3) is 5.91 Å². The second-order valence-electron chi connectivity index (χ2n) is 5.24. The van der Waals surface area contributed by atoms with Crippen molar-refractivity contribution < 1.29 is 9.53 Å². The molecule has 0 spiro atoms. The molecule has 1 aromatic rings. The van der Waals surface area contributed by atoms with Gasteiger partial charge in [0.2, 0.25) is 0 Å². The van der Waals surface area contributed by atoms with E-state index in [0.29, 0.717) is 12.1 Å². The van der Waals surface area contributed by atoms with Gasteiger partial charge in [0, 0.05) is 37.4 Å². The van der Waals surface area contributed by atoms with Crippen LogP contribution in [0.15, 0.2) is 18.2 Å². The van der Waals surface area contributed by atoms with Gasteiger partial charge in [-0.1, -0.05) is 17.9 Å². The van der Waals surface area contributed by atoms with Gasteiger partial charge in [-0.3, -0.25) is 4.79 Å². The Morgan fingerprint density at radius 3 is 2.81 bits per heavy atom. The van der Waals surface area contributed by atoms with E-state index in [-0.39, 0.29) is 11.9 Å². The van der Waals surface area contributed by atoms with Gasteiger partial charge in [0.1, 0.15) is 0 Å². The second-order valence-corrected chi connectivity index (χ2v) is 5.24. The molecule has 1 amide bonds. The number of carbonyl (C=O) groups is 1. The van der Waals surface area contributed by atoms with Crippen LogP contribution >= 0.6 is 0 Å². The maximum absolute atomic E-state index is 12.7. The lowest BCUT2D eigenvalue weighted by molar-refractivity contribution is 0.0361. The summed E-state index contributed by atoms with van der Waals surface area (Å²) in [5, 5.41) is 0. The molecule has 2 rings (SSSR count). The second kappa shape index (κ2) is 7.26. The fraction of sp³-hybridized carbons (Fsp3) is 0.471.